The summed E-state index contributed by atoms with van der Waals surface area (Å²) in [6.45, 7) is 4.48. The first-order valence-corrected chi connectivity index (χ1v) is 8.25. The summed E-state index contributed by atoms with van der Waals surface area (Å²) in [6, 6.07) is 1.60. The number of nitrogens with one attached hydrogen (secondary N) is 2. The summed E-state index contributed by atoms with van der Waals surface area (Å²) in [6.07, 6.45) is -0.983. The number of halogens is 3. The molecule has 0 aliphatic carbocycles. The minimum atomic E-state index is -4.55. The van der Waals surface area contributed by atoms with Crippen LogP contribution in [-0.4, -0.2) is 34.6 Å². The molecule has 4 nitrogen and oxygen atoms in total. The number of alkyl halides is 3. The van der Waals surface area contributed by atoms with Crippen molar-refractivity contribution in [1.82, 2.24) is 9.97 Å². The van der Waals surface area contributed by atoms with Gasteiger partial charge in [-0.2, -0.15) is 24.9 Å². The third kappa shape index (κ3) is 5.99. The fourth-order valence-corrected chi connectivity index (χ4v) is 2.38. The van der Waals surface area contributed by atoms with Crippen molar-refractivity contribution in [2.75, 3.05) is 29.2 Å². The zero-order valence-corrected chi connectivity index (χ0v) is 13.2. The maximum absolute atomic E-state index is 12.9. The number of thioether (sulfide) groups is 1. The van der Waals surface area contributed by atoms with E-state index in [2.05, 4.69) is 20.6 Å². The molecule has 0 bridgehead atoms. The SMILES string of the molecule is CCCNc1cc(NC(CC)CSC)nc(C(F)(F)F)n1. The minimum Gasteiger partial charge on any atom is -0.370 e. The van der Waals surface area contributed by atoms with Crippen LogP contribution in [0.3, 0.4) is 0 Å². The Bertz CT molecular complexity index is 440. The van der Waals surface area contributed by atoms with Crippen molar-refractivity contribution in [2.24, 2.45) is 0 Å². The van der Waals surface area contributed by atoms with E-state index in [0.29, 0.717) is 6.54 Å². The van der Waals surface area contributed by atoms with Crippen LogP contribution in [0, 0.1) is 0 Å². The van der Waals surface area contributed by atoms with Crippen LogP contribution in [0.2, 0.25) is 0 Å². The third-order valence-corrected chi connectivity index (χ3v) is 3.48. The van der Waals surface area contributed by atoms with Crippen molar-refractivity contribution in [2.45, 2.75) is 38.9 Å². The van der Waals surface area contributed by atoms with Crippen molar-refractivity contribution in [3.8, 4) is 0 Å². The second kappa shape index (κ2) is 8.31. The quantitative estimate of drug-likeness (QED) is 0.761. The van der Waals surface area contributed by atoms with Gasteiger partial charge in [-0.3, -0.25) is 0 Å². The molecule has 21 heavy (non-hydrogen) atoms. The zero-order valence-electron chi connectivity index (χ0n) is 12.4. The number of anilines is 2. The first kappa shape index (κ1) is 17.9. The van der Waals surface area contributed by atoms with Crippen LogP contribution in [-0.2, 0) is 6.18 Å². The van der Waals surface area contributed by atoms with Gasteiger partial charge < -0.3 is 10.6 Å². The third-order valence-electron chi connectivity index (χ3n) is 2.75. The Morgan fingerprint density at radius 1 is 1.24 bits per heavy atom. The van der Waals surface area contributed by atoms with Crippen LogP contribution in [0.1, 0.15) is 32.5 Å². The monoisotopic (exact) mass is 322 g/mol. The molecule has 1 atom stereocenters. The highest BCUT2D eigenvalue weighted by molar-refractivity contribution is 7.98. The molecule has 120 valence electrons. The molecular formula is C13H21F3N4S. The van der Waals surface area contributed by atoms with Gasteiger partial charge in [-0.1, -0.05) is 13.8 Å². The second-order valence-electron chi connectivity index (χ2n) is 4.59. The van der Waals surface area contributed by atoms with Crippen molar-refractivity contribution in [3.63, 3.8) is 0 Å². The van der Waals surface area contributed by atoms with Gasteiger partial charge in [0.25, 0.3) is 0 Å². The second-order valence-corrected chi connectivity index (χ2v) is 5.50. The average Bonchev–Trinajstić information content (AvgIpc) is 2.43. The maximum atomic E-state index is 12.9. The molecule has 0 aliphatic heterocycles. The van der Waals surface area contributed by atoms with E-state index in [1.807, 2.05) is 20.1 Å². The summed E-state index contributed by atoms with van der Waals surface area (Å²) in [5, 5.41) is 5.92. The van der Waals surface area contributed by atoms with E-state index in [1.54, 1.807) is 11.8 Å². The zero-order chi connectivity index (χ0) is 15.9. The van der Waals surface area contributed by atoms with Gasteiger partial charge in [0, 0.05) is 24.4 Å². The number of aromatic nitrogens is 2. The van der Waals surface area contributed by atoms with Gasteiger partial charge in [-0.05, 0) is 19.1 Å². The van der Waals surface area contributed by atoms with Crippen LogP contribution in [0.25, 0.3) is 0 Å². The van der Waals surface area contributed by atoms with Gasteiger partial charge >= 0.3 is 6.18 Å². The number of hydrogen-bond donors (Lipinski definition) is 2. The summed E-state index contributed by atoms with van der Waals surface area (Å²) in [7, 11) is 0. The largest absolute Gasteiger partial charge is 0.451 e. The molecule has 1 unspecified atom stereocenters. The lowest BCUT2D eigenvalue weighted by molar-refractivity contribution is -0.144. The molecule has 2 N–H and O–H groups in total. The molecule has 0 radical (unpaired) electrons. The summed E-state index contributed by atoms with van der Waals surface area (Å²) >= 11 is 1.64. The minimum absolute atomic E-state index is 0.0787. The Morgan fingerprint density at radius 3 is 2.43 bits per heavy atom. The van der Waals surface area contributed by atoms with Crippen LogP contribution in [0.5, 0.6) is 0 Å². The Hall–Kier alpha value is -1.18. The predicted molar refractivity (Wildman–Crippen MR) is 81.9 cm³/mol. The fraction of sp³-hybridized carbons (Fsp3) is 0.692. The van der Waals surface area contributed by atoms with E-state index in [0.717, 1.165) is 18.6 Å². The van der Waals surface area contributed by atoms with Crippen LogP contribution in [0.15, 0.2) is 6.07 Å². The fourth-order valence-electron chi connectivity index (χ4n) is 1.66. The normalized spacial score (nSPS) is 13.0. The van der Waals surface area contributed by atoms with E-state index in [9.17, 15) is 13.2 Å². The number of hydrogen-bond acceptors (Lipinski definition) is 5. The van der Waals surface area contributed by atoms with E-state index in [1.165, 1.54) is 6.07 Å². The topological polar surface area (TPSA) is 49.8 Å². The lowest BCUT2D eigenvalue weighted by Gasteiger charge is -2.18. The highest BCUT2D eigenvalue weighted by atomic mass is 32.2. The maximum Gasteiger partial charge on any atom is 0.451 e. The van der Waals surface area contributed by atoms with Crippen LogP contribution < -0.4 is 10.6 Å². The Morgan fingerprint density at radius 2 is 1.90 bits per heavy atom. The van der Waals surface area contributed by atoms with Crippen molar-refractivity contribution >= 4 is 23.4 Å². The van der Waals surface area contributed by atoms with E-state index < -0.39 is 12.0 Å². The van der Waals surface area contributed by atoms with Crippen LogP contribution >= 0.6 is 11.8 Å². The van der Waals surface area contributed by atoms with E-state index in [4.69, 9.17) is 0 Å². The standard InChI is InChI=1S/C13H21F3N4S/c1-4-6-17-10-7-11(18-9(5-2)8-21-3)20-12(19-10)13(14,15)16/h7,9H,4-6,8H2,1-3H3,(H2,17,18,19,20). The smallest absolute Gasteiger partial charge is 0.370 e. The van der Waals surface area contributed by atoms with Crippen molar-refractivity contribution < 1.29 is 13.2 Å². The lowest BCUT2D eigenvalue weighted by atomic mass is 10.2. The lowest BCUT2D eigenvalue weighted by Crippen LogP contribution is -2.23. The van der Waals surface area contributed by atoms with Gasteiger partial charge in [0.15, 0.2) is 0 Å². The molecule has 0 aliphatic rings. The van der Waals surface area contributed by atoms with Crippen molar-refractivity contribution in [3.05, 3.63) is 11.9 Å². The Labute approximate surface area is 127 Å². The molecule has 0 saturated heterocycles. The molecule has 1 rings (SSSR count). The van der Waals surface area contributed by atoms with E-state index >= 15 is 0 Å². The van der Waals surface area contributed by atoms with Gasteiger partial charge in [0.2, 0.25) is 5.82 Å². The molecule has 0 fully saturated rings. The molecule has 0 aromatic carbocycles. The van der Waals surface area contributed by atoms with E-state index in [-0.39, 0.29) is 17.7 Å². The van der Waals surface area contributed by atoms with Gasteiger partial charge in [0.05, 0.1) is 0 Å². The first-order chi connectivity index (χ1) is 9.90. The number of nitrogens with zero attached hydrogens (tertiary/aromatic N) is 2. The first-order valence-electron chi connectivity index (χ1n) is 6.86. The highest BCUT2D eigenvalue weighted by Crippen LogP contribution is 2.28. The summed E-state index contributed by atoms with van der Waals surface area (Å²) in [4.78, 5) is 7.12. The van der Waals surface area contributed by atoms with Gasteiger partial charge in [0.1, 0.15) is 11.6 Å². The van der Waals surface area contributed by atoms with Gasteiger partial charge in [-0.15, -0.1) is 0 Å². The Kier molecular flexibility index (Phi) is 7.07. The summed E-state index contributed by atoms with van der Waals surface area (Å²) < 4.78 is 38.6. The van der Waals surface area contributed by atoms with Gasteiger partial charge in [-0.25, -0.2) is 9.97 Å². The molecule has 1 aromatic rings. The van der Waals surface area contributed by atoms with Crippen LogP contribution in [0.4, 0.5) is 24.8 Å². The number of rotatable bonds is 8. The van der Waals surface area contributed by atoms with Crippen molar-refractivity contribution in [1.29, 1.82) is 0 Å². The molecule has 0 spiro atoms. The average molecular weight is 322 g/mol. The summed E-state index contributed by atoms with van der Waals surface area (Å²) in [5.74, 6) is 0.0853. The molecule has 0 amide bonds. The Balaban J connectivity index is 3.00. The molecule has 1 aromatic heterocycles. The summed E-state index contributed by atoms with van der Waals surface area (Å²) in [5.41, 5.74) is 0. The molecule has 0 saturated carbocycles. The predicted octanol–water partition coefficient (Wildman–Crippen LogP) is 3.87. The molecule has 1 heterocycles. The molecule has 8 heteroatoms. The molecular weight excluding hydrogens is 301 g/mol. The highest BCUT2D eigenvalue weighted by Gasteiger charge is 2.35.